The summed E-state index contributed by atoms with van der Waals surface area (Å²) in [6, 6.07) is 1.42. The second kappa shape index (κ2) is 3.19. The van der Waals surface area contributed by atoms with Crippen molar-refractivity contribution in [2.24, 2.45) is 7.05 Å². The summed E-state index contributed by atoms with van der Waals surface area (Å²) in [5, 5.41) is 0.416. The summed E-state index contributed by atoms with van der Waals surface area (Å²) in [6.07, 6.45) is 0. The highest BCUT2D eigenvalue weighted by molar-refractivity contribution is 6.30. The lowest BCUT2D eigenvalue weighted by Gasteiger charge is -2.09. The molecular formula is C8H10ClNO2. The van der Waals surface area contributed by atoms with Crippen LogP contribution in [0.1, 0.15) is 5.56 Å². The van der Waals surface area contributed by atoms with Crippen molar-refractivity contribution in [1.29, 1.82) is 0 Å². The molecule has 0 saturated heterocycles. The molecule has 4 heteroatoms. The predicted octanol–water partition coefficient (Wildman–Crippen LogP) is 1.36. The van der Waals surface area contributed by atoms with Crippen LogP contribution in [0.4, 0.5) is 0 Å². The van der Waals surface area contributed by atoms with Gasteiger partial charge in [0.05, 0.1) is 7.11 Å². The highest BCUT2D eigenvalue weighted by Crippen LogP contribution is 2.16. The molecule has 1 aromatic heterocycles. The minimum Gasteiger partial charge on any atom is -0.482 e. The molecule has 1 heterocycles. The fourth-order valence-corrected chi connectivity index (χ4v) is 1.14. The molecular weight excluding hydrogens is 178 g/mol. The number of hydrogen-bond acceptors (Lipinski definition) is 2. The fraction of sp³-hybridized carbons (Fsp3) is 0.375. The van der Waals surface area contributed by atoms with E-state index in [4.69, 9.17) is 16.3 Å². The predicted molar refractivity (Wildman–Crippen MR) is 48.0 cm³/mol. The van der Waals surface area contributed by atoms with Crippen molar-refractivity contribution in [3.8, 4) is 5.88 Å². The van der Waals surface area contributed by atoms with Crippen molar-refractivity contribution >= 4 is 11.6 Å². The van der Waals surface area contributed by atoms with Crippen LogP contribution in [0.15, 0.2) is 10.9 Å². The summed E-state index contributed by atoms with van der Waals surface area (Å²) in [6.45, 7) is 1.68. The molecule has 0 aliphatic heterocycles. The Morgan fingerprint density at radius 2 is 2.17 bits per heavy atom. The zero-order valence-corrected chi connectivity index (χ0v) is 7.97. The highest BCUT2D eigenvalue weighted by atomic mass is 35.5. The van der Waals surface area contributed by atoms with Gasteiger partial charge < -0.3 is 9.30 Å². The Morgan fingerprint density at radius 3 is 2.67 bits per heavy atom. The Morgan fingerprint density at radius 1 is 1.58 bits per heavy atom. The average Bonchev–Trinajstić information content (AvgIpc) is 2.08. The SMILES string of the molecule is COc1cc(=O)c(C)c(Cl)n1C. The van der Waals surface area contributed by atoms with Gasteiger partial charge in [0.2, 0.25) is 0 Å². The molecule has 0 atom stereocenters. The van der Waals surface area contributed by atoms with Gasteiger partial charge in [0, 0.05) is 18.7 Å². The molecule has 0 bridgehead atoms. The second-order valence-electron chi connectivity index (χ2n) is 2.53. The number of rotatable bonds is 1. The van der Waals surface area contributed by atoms with E-state index in [0.717, 1.165) is 0 Å². The van der Waals surface area contributed by atoms with Crippen molar-refractivity contribution in [2.45, 2.75) is 6.92 Å². The molecule has 3 nitrogen and oxygen atoms in total. The largest absolute Gasteiger partial charge is 0.482 e. The first-order valence-corrected chi connectivity index (χ1v) is 3.86. The molecule has 0 spiro atoms. The summed E-state index contributed by atoms with van der Waals surface area (Å²) >= 11 is 5.85. The van der Waals surface area contributed by atoms with Gasteiger partial charge in [0.25, 0.3) is 0 Å². The minimum absolute atomic E-state index is 0.102. The van der Waals surface area contributed by atoms with E-state index >= 15 is 0 Å². The van der Waals surface area contributed by atoms with Crippen LogP contribution in [0.3, 0.4) is 0 Å². The lowest BCUT2D eigenvalue weighted by atomic mass is 10.3. The normalized spacial score (nSPS) is 10.0. The van der Waals surface area contributed by atoms with E-state index in [1.807, 2.05) is 0 Å². The molecule has 0 fully saturated rings. The lowest BCUT2D eigenvalue weighted by Crippen LogP contribution is -2.11. The summed E-state index contributed by atoms with van der Waals surface area (Å²) in [5.41, 5.74) is 0.440. The Kier molecular flexibility index (Phi) is 2.43. The number of nitrogens with zero attached hydrogens (tertiary/aromatic N) is 1. The van der Waals surface area contributed by atoms with Crippen molar-refractivity contribution in [3.63, 3.8) is 0 Å². The van der Waals surface area contributed by atoms with Gasteiger partial charge in [0.1, 0.15) is 5.15 Å². The Balaban J connectivity index is 3.50. The quantitative estimate of drug-likeness (QED) is 0.622. The van der Waals surface area contributed by atoms with Crippen LogP contribution in [0.25, 0.3) is 0 Å². The second-order valence-corrected chi connectivity index (χ2v) is 2.88. The molecule has 0 amide bonds. The molecule has 0 aliphatic carbocycles. The summed E-state index contributed by atoms with van der Waals surface area (Å²) in [4.78, 5) is 11.2. The first-order chi connectivity index (χ1) is 5.57. The van der Waals surface area contributed by atoms with Crippen molar-refractivity contribution in [2.75, 3.05) is 7.11 Å². The van der Waals surface area contributed by atoms with E-state index in [2.05, 4.69) is 0 Å². The maximum Gasteiger partial charge on any atom is 0.197 e. The van der Waals surface area contributed by atoms with Gasteiger partial charge in [-0.3, -0.25) is 4.79 Å². The lowest BCUT2D eigenvalue weighted by molar-refractivity contribution is 0.378. The first kappa shape index (κ1) is 9.13. The fourth-order valence-electron chi connectivity index (χ4n) is 0.963. The van der Waals surface area contributed by atoms with Crippen LogP contribution in [0.2, 0.25) is 5.15 Å². The molecule has 0 saturated carbocycles. The smallest absolute Gasteiger partial charge is 0.197 e. The third-order valence-corrected chi connectivity index (χ3v) is 2.30. The summed E-state index contributed by atoms with van der Waals surface area (Å²) in [7, 11) is 3.24. The van der Waals surface area contributed by atoms with E-state index < -0.39 is 0 Å². The number of halogens is 1. The molecule has 0 aliphatic rings. The van der Waals surface area contributed by atoms with E-state index in [1.54, 1.807) is 18.5 Å². The average molecular weight is 188 g/mol. The Labute approximate surface area is 75.5 Å². The Hall–Kier alpha value is -0.960. The first-order valence-electron chi connectivity index (χ1n) is 3.48. The topological polar surface area (TPSA) is 31.2 Å². The maximum absolute atomic E-state index is 11.2. The molecule has 0 unspecified atom stereocenters. The van der Waals surface area contributed by atoms with E-state index in [1.165, 1.54) is 13.2 Å². The minimum atomic E-state index is -0.102. The van der Waals surface area contributed by atoms with Crippen LogP contribution in [-0.4, -0.2) is 11.7 Å². The van der Waals surface area contributed by atoms with Crippen LogP contribution < -0.4 is 10.2 Å². The number of hydrogen-bond donors (Lipinski definition) is 0. The molecule has 66 valence electrons. The molecule has 0 aromatic carbocycles. The molecule has 0 radical (unpaired) electrons. The monoisotopic (exact) mass is 187 g/mol. The molecule has 1 aromatic rings. The summed E-state index contributed by atoms with van der Waals surface area (Å²) in [5.74, 6) is 0.468. The maximum atomic E-state index is 11.2. The third-order valence-electron chi connectivity index (χ3n) is 1.77. The van der Waals surface area contributed by atoms with E-state index in [9.17, 15) is 4.79 Å². The number of ether oxygens (including phenoxy) is 1. The number of aromatic nitrogens is 1. The van der Waals surface area contributed by atoms with Crippen molar-refractivity contribution in [1.82, 2.24) is 4.57 Å². The molecule has 12 heavy (non-hydrogen) atoms. The third kappa shape index (κ3) is 1.32. The molecule has 1 rings (SSSR count). The summed E-state index contributed by atoms with van der Waals surface area (Å²) < 4.78 is 6.56. The zero-order valence-electron chi connectivity index (χ0n) is 7.22. The standard InChI is InChI=1S/C8H10ClNO2/c1-5-6(11)4-7(12-3)10(2)8(5)9/h4H,1-3H3. The van der Waals surface area contributed by atoms with Crippen molar-refractivity contribution < 1.29 is 4.74 Å². The van der Waals surface area contributed by atoms with Gasteiger partial charge in [0.15, 0.2) is 11.3 Å². The van der Waals surface area contributed by atoms with Gasteiger partial charge in [-0.2, -0.15) is 0 Å². The van der Waals surface area contributed by atoms with Crippen LogP contribution in [-0.2, 0) is 7.05 Å². The highest BCUT2D eigenvalue weighted by Gasteiger charge is 2.06. The van der Waals surface area contributed by atoms with Gasteiger partial charge in [-0.05, 0) is 6.92 Å². The van der Waals surface area contributed by atoms with Crippen LogP contribution >= 0.6 is 11.6 Å². The van der Waals surface area contributed by atoms with Gasteiger partial charge in [-0.15, -0.1) is 0 Å². The van der Waals surface area contributed by atoms with Crippen LogP contribution in [0, 0.1) is 6.92 Å². The number of methoxy groups -OCH3 is 1. The van der Waals surface area contributed by atoms with Crippen LogP contribution in [0.5, 0.6) is 5.88 Å². The number of pyridine rings is 1. The van der Waals surface area contributed by atoms with E-state index in [0.29, 0.717) is 16.6 Å². The molecule has 0 N–H and O–H groups in total. The van der Waals surface area contributed by atoms with E-state index in [-0.39, 0.29) is 5.43 Å². The Bertz CT molecular complexity index is 357. The van der Waals surface area contributed by atoms with Gasteiger partial charge in [-0.1, -0.05) is 11.6 Å². The van der Waals surface area contributed by atoms with Gasteiger partial charge in [-0.25, -0.2) is 0 Å². The van der Waals surface area contributed by atoms with Gasteiger partial charge >= 0.3 is 0 Å². The van der Waals surface area contributed by atoms with Crippen molar-refractivity contribution in [3.05, 3.63) is 27.0 Å². The zero-order chi connectivity index (χ0) is 9.30.